The van der Waals surface area contributed by atoms with Crippen molar-refractivity contribution in [3.63, 3.8) is 0 Å². The van der Waals surface area contributed by atoms with Crippen molar-refractivity contribution >= 4 is 23.2 Å². The second kappa shape index (κ2) is 7.94. The van der Waals surface area contributed by atoms with Crippen molar-refractivity contribution in [3.8, 4) is 5.75 Å². The van der Waals surface area contributed by atoms with Gasteiger partial charge in [0.05, 0.1) is 11.0 Å². The number of benzene rings is 2. The van der Waals surface area contributed by atoms with Gasteiger partial charge in [0.1, 0.15) is 5.75 Å². The summed E-state index contributed by atoms with van der Waals surface area (Å²) in [5.74, 6) is 0.963. The third-order valence-electron chi connectivity index (χ3n) is 4.39. The minimum absolute atomic E-state index is 0.253. The third-order valence-corrected chi connectivity index (χ3v) is 4.39. The summed E-state index contributed by atoms with van der Waals surface area (Å²) in [6, 6.07) is 15.1. The highest BCUT2D eigenvalue weighted by Crippen LogP contribution is 2.22. The van der Waals surface area contributed by atoms with Crippen LogP contribution in [0.1, 0.15) is 19.4 Å². The molecule has 0 amide bonds. The number of phenols is 1. The molecule has 0 radical (unpaired) electrons. The molecular formula is C20H24N4O. The Morgan fingerprint density at radius 3 is 2.52 bits per heavy atom. The number of hydrogen-bond donors (Lipinski definition) is 1. The number of nitrogens with zero attached hydrogens (tertiary/aromatic N) is 4. The van der Waals surface area contributed by atoms with Crippen molar-refractivity contribution in [1.82, 2.24) is 14.5 Å². The van der Waals surface area contributed by atoms with Gasteiger partial charge in [0.2, 0.25) is 5.95 Å². The van der Waals surface area contributed by atoms with E-state index >= 15 is 0 Å². The maximum atomic E-state index is 9.38. The highest BCUT2D eigenvalue weighted by Gasteiger charge is 2.10. The molecule has 0 unspecified atom stereocenters. The average Bonchev–Trinajstić information content (AvgIpc) is 3.00. The summed E-state index contributed by atoms with van der Waals surface area (Å²) in [6.45, 7) is 8.25. The van der Waals surface area contributed by atoms with Crippen molar-refractivity contribution in [1.29, 1.82) is 0 Å². The zero-order valence-corrected chi connectivity index (χ0v) is 14.8. The lowest BCUT2D eigenvalue weighted by atomic mass is 10.2. The Morgan fingerprint density at radius 1 is 1.08 bits per heavy atom. The normalized spacial score (nSPS) is 11.8. The first kappa shape index (κ1) is 17.2. The molecule has 2 aromatic carbocycles. The zero-order chi connectivity index (χ0) is 17.6. The number of phenolic OH excluding ortho intramolecular Hbond substituents is 1. The minimum Gasteiger partial charge on any atom is -0.508 e. The molecule has 1 heterocycles. The molecule has 0 aliphatic carbocycles. The molecule has 1 aromatic heterocycles. The second-order valence-electron chi connectivity index (χ2n) is 5.93. The Labute approximate surface area is 148 Å². The van der Waals surface area contributed by atoms with Gasteiger partial charge in [-0.2, -0.15) is 0 Å². The molecule has 0 saturated carbocycles. The number of para-hydroxylation sites is 2. The Kier molecular flexibility index (Phi) is 5.46. The fraction of sp³-hybridized carbons (Fsp3) is 0.300. The van der Waals surface area contributed by atoms with Gasteiger partial charge in [0.25, 0.3) is 0 Å². The second-order valence-corrected chi connectivity index (χ2v) is 5.93. The van der Waals surface area contributed by atoms with Gasteiger partial charge in [0, 0.05) is 19.3 Å². The topological polar surface area (TPSA) is 53.7 Å². The highest BCUT2D eigenvalue weighted by atomic mass is 16.3. The summed E-state index contributed by atoms with van der Waals surface area (Å²) in [5, 5.41) is 9.38. The molecule has 0 spiro atoms. The first-order valence-electron chi connectivity index (χ1n) is 8.72. The first-order valence-corrected chi connectivity index (χ1v) is 8.72. The van der Waals surface area contributed by atoms with Crippen molar-refractivity contribution in [2.24, 2.45) is 4.99 Å². The van der Waals surface area contributed by atoms with Crippen LogP contribution in [0.4, 0.5) is 5.95 Å². The molecule has 1 N–H and O–H groups in total. The summed E-state index contributed by atoms with van der Waals surface area (Å²) >= 11 is 0. The Bertz CT molecular complexity index is 848. The molecule has 0 saturated heterocycles. The minimum atomic E-state index is 0.253. The van der Waals surface area contributed by atoms with E-state index in [4.69, 9.17) is 0 Å². The fourth-order valence-corrected chi connectivity index (χ4v) is 2.86. The lowest BCUT2D eigenvalue weighted by Gasteiger charge is -2.18. The molecule has 0 atom stereocenters. The predicted octanol–water partition coefficient (Wildman–Crippen LogP) is 3.83. The van der Waals surface area contributed by atoms with Crippen LogP contribution >= 0.6 is 0 Å². The van der Waals surface area contributed by atoms with E-state index in [0.717, 1.165) is 42.8 Å². The molecule has 0 fully saturated rings. The van der Waals surface area contributed by atoms with E-state index in [9.17, 15) is 5.11 Å². The summed E-state index contributed by atoms with van der Waals surface area (Å²) < 4.78 is 2.17. The van der Waals surface area contributed by atoms with Crippen LogP contribution in [-0.4, -0.2) is 45.4 Å². The van der Waals surface area contributed by atoms with Crippen LogP contribution in [0.15, 0.2) is 53.5 Å². The van der Waals surface area contributed by atoms with Gasteiger partial charge in [0.15, 0.2) is 0 Å². The molecule has 0 bridgehead atoms. The largest absolute Gasteiger partial charge is 0.508 e. The maximum absolute atomic E-state index is 9.38. The molecule has 5 heteroatoms. The lowest BCUT2D eigenvalue weighted by molar-refractivity contribution is 0.292. The zero-order valence-electron chi connectivity index (χ0n) is 14.8. The van der Waals surface area contributed by atoms with Crippen LogP contribution < -0.4 is 0 Å². The summed E-state index contributed by atoms with van der Waals surface area (Å²) in [4.78, 5) is 11.7. The fourth-order valence-electron chi connectivity index (χ4n) is 2.86. The highest BCUT2D eigenvalue weighted by molar-refractivity contribution is 5.83. The van der Waals surface area contributed by atoms with E-state index in [-0.39, 0.29) is 5.75 Å². The number of rotatable bonds is 7. The number of aromatic nitrogens is 2. The molecular weight excluding hydrogens is 312 g/mol. The van der Waals surface area contributed by atoms with Crippen molar-refractivity contribution in [2.75, 3.05) is 19.6 Å². The number of likely N-dealkylation sites (N-methyl/N-ethyl adjacent to an activating group) is 1. The molecule has 3 aromatic rings. The average molecular weight is 336 g/mol. The SMILES string of the molecule is CCN(CC)CCn1c(/N=C/c2ccc(O)cc2)nc2ccccc21. The van der Waals surface area contributed by atoms with Gasteiger partial charge < -0.3 is 14.6 Å². The molecule has 25 heavy (non-hydrogen) atoms. The smallest absolute Gasteiger partial charge is 0.230 e. The summed E-state index contributed by atoms with van der Waals surface area (Å²) in [7, 11) is 0. The number of imidazole rings is 1. The predicted molar refractivity (Wildman–Crippen MR) is 103 cm³/mol. The quantitative estimate of drug-likeness (QED) is 0.667. The van der Waals surface area contributed by atoms with Crippen molar-refractivity contribution in [2.45, 2.75) is 20.4 Å². The monoisotopic (exact) mass is 336 g/mol. The molecule has 5 nitrogen and oxygen atoms in total. The Morgan fingerprint density at radius 2 is 1.80 bits per heavy atom. The summed E-state index contributed by atoms with van der Waals surface area (Å²) in [5.41, 5.74) is 2.99. The summed E-state index contributed by atoms with van der Waals surface area (Å²) in [6.07, 6.45) is 1.79. The number of aromatic hydroxyl groups is 1. The number of fused-ring (bicyclic) bond motifs is 1. The van der Waals surface area contributed by atoms with Crippen LogP contribution in [0, 0.1) is 0 Å². The first-order chi connectivity index (χ1) is 12.2. The van der Waals surface area contributed by atoms with Crippen LogP contribution in [0.3, 0.4) is 0 Å². The van der Waals surface area contributed by atoms with E-state index in [2.05, 4.69) is 39.4 Å². The molecule has 3 rings (SSSR count). The van der Waals surface area contributed by atoms with Gasteiger partial charge in [-0.1, -0.05) is 26.0 Å². The van der Waals surface area contributed by atoms with E-state index in [1.807, 2.05) is 30.3 Å². The Balaban J connectivity index is 1.90. The van der Waals surface area contributed by atoms with Gasteiger partial charge >= 0.3 is 0 Å². The molecule has 130 valence electrons. The lowest BCUT2D eigenvalue weighted by Crippen LogP contribution is -2.26. The van der Waals surface area contributed by atoms with Gasteiger partial charge in [-0.25, -0.2) is 9.98 Å². The van der Waals surface area contributed by atoms with Crippen LogP contribution in [0.2, 0.25) is 0 Å². The van der Waals surface area contributed by atoms with E-state index in [1.54, 1.807) is 18.3 Å². The number of aliphatic imine (C=N–C) groups is 1. The molecule has 0 aliphatic rings. The van der Waals surface area contributed by atoms with E-state index in [0.29, 0.717) is 5.95 Å². The van der Waals surface area contributed by atoms with Gasteiger partial charge in [-0.3, -0.25) is 0 Å². The van der Waals surface area contributed by atoms with E-state index < -0.39 is 0 Å². The van der Waals surface area contributed by atoms with Crippen LogP contribution in [0.5, 0.6) is 5.75 Å². The van der Waals surface area contributed by atoms with Crippen molar-refractivity contribution < 1.29 is 5.11 Å². The standard InChI is InChI=1S/C20H24N4O/c1-3-23(4-2)13-14-24-19-8-6-5-7-18(19)22-20(24)21-15-16-9-11-17(25)12-10-16/h5-12,15,25H,3-4,13-14H2,1-2H3/b21-15+. The van der Waals surface area contributed by atoms with Crippen LogP contribution in [0.25, 0.3) is 11.0 Å². The Hall–Kier alpha value is -2.66. The van der Waals surface area contributed by atoms with E-state index in [1.165, 1.54) is 0 Å². The van der Waals surface area contributed by atoms with Crippen molar-refractivity contribution in [3.05, 3.63) is 54.1 Å². The number of hydrogen-bond acceptors (Lipinski definition) is 4. The molecule has 0 aliphatic heterocycles. The van der Waals surface area contributed by atoms with Gasteiger partial charge in [-0.15, -0.1) is 0 Å². The van der Waals surface area contributed by atoms with Gasteiger partial charge in [-0.05, 0) is 55.1 Å². The third kappa shape index (κ3) is 4.06. The van der Waals surface area contributed by atoms with Crippen LogP contribution in [-0.2, 0) is 6.54 Å². The maximum Gasteiger partial charge on any atom is 0.230 e.